The van der Waals surface area contributed by atoms with Crippen molar-refractivity contribution in [3.8, 4) is 5.75 Å². The molecule has 1 aromatic heterocycles. The topological polar surface area (TPSA) is 36.9 Å². The zero-order valence-electron chi connectivity index (χ0n) is 13.5. The van der Waals surface area contributed by atoms with E-state index >= 15 is 0 Å². The summed E-state index contributed by atoms with van der Waals surface area (Å²) >= 11 is 1.69. The number of ether oxygens (including phenoxy) is 1. The molecule has 1 atom stereocenters. The molecule has 1 N–H and O–H groups in total. The fraction of sp³-hybridized carbons (Fsp3) is 0.353. The van der Waals surface area contributed by atoms with Crippen LogP contribution in [0.3, 0.4) is 0 Å². The Balaban J connectivity index is 2.12. The van der Waals surface area contributed by atoms with E-state index in [1.165, 1.54) is 5.56 Å². The van der Waals surface area contributed by atoms with Crippen LogP contribution in [-0.2, 0) is 0 Å². The normalized spacial score (nSPS) is 13.2. The molecule has 118 valence electrons. The van der Waals surface area contributed by atoms with E-state index in [4.69, 9.17) is 4.74 Å². The summed E-state index contributed by atoms with van der Waals surface area (Å²) < 4.78 is 5.33. The van der Waals surface area contributed by atoms with Gasteiger partial charge in [-0.3, -0.25) is 4.99 Å². The molecule has 22 heavy (non-hydrogen) atoms. The second kappa shape index (κ2) is 7.96. The molecule has 0 spiro atoms. The highest BCUT2D eigenvalue weighted by atomic mass is 32.1. The Kier molecular flexibility index (Phi) is 5.98. The first-order chi connectivity index (χ1) is 10.7. The van der Waals surface area contributed by atoms with Gasteiger partial charge in [0.25, 0.3) is 0 Å². The average Bonchev–Trinajstić information content (AvgIpc) is 3.05. The molecule has 0 aliphatic heterocycles. The highest BCUT2D eigenvalue weighted by Gasteiger charge is 2.16. The molecule has 0 saturated heterocycles. The Morgan fingerprint density at radius 2 is 2.14 bits per heavy atom. The number of amidine groups is 1. The summed E-state index contributed by atoms with van der Waals surface area (Å²) in [5.41, 5.74) is 1.22. The largest absolute Gasteiger partial charge is 0.497 e. The van der Waals surface area contributed by atoms with Gasteiger partial charge in [0, 0.05) is 13.6 Å². The van der Waals surface area contributed by atoms with Crippen LogP contribution in [0, 0.1) is 0 Å². The first-order valence-corrected chi connectivity index (χ1v) is 8.08. The van der Waals surface area contributed by atoms with Crippen LogP contribution in [0.5, 0.6) is 5.75 Å². The van der Waals surface area contributed by atoms with E-state index in [0.717, 1.165) is 23.0 Å². The number of thiophene rings is 1. The Hall–Kier alpha value is -1.85. The maximum atomic E-state index is 5.33. The molecule has 0 radical (unpaired) electrons. The van der Waals surface area contributed by atoms with Gasteiger partial charge in [-0.15, -0.1) is 11.3 Å². The molecule has 2 aromatic rings. The van der Waals surface area contributed by atoms with E-state index in [0.29, 0.717) is 0 Å². The third kappa shape index (κ3) is 4.08. The lowest BCUT2D eigenvalue weighted by molar-refractivity contribution is 0.298. The van der Waals surface area contributed by atoms with Gasteiger partial charge < -0.3 is 15.0 Å². The van der Waals surface area contributed by atoms with Crippen LogP contribution in [0.1, 0.15) is 16.5 Å². The van der Waals surface area contributed by atoms with E-state index in [1.54, 1.807) is 18.4 Å². The van der Waals surface area contributed by atoms with Crippen molar-refractivity contribution in [3.05, 3.63) is 52.2 Å². The molecule has 5 heteroatoms. The van der Waals surface area contributed by atoms with Crippen molar-refractivity contribution in [2.24, 2.45) is 4.99 Å². The smallest absolute Gasteiger partial charge is 0.138 e. The maximum absolute atomic E-state index is 5.33. The molecule has 2 rings (SSSR count). The van der Waals surface area contributed by atoms with Crippen molar-refractivity contribution in [2.75, 3.05) is 34.8 Å². The van der Waals surface area contributed by atoms with Crippen molar-refractivity contribution in [1.82, 2.24) is 10.2 Å². The summed E-state index contributed by atoms with van der Waals surface area (Å²) in [6.07, 6.45) is 0. The van der Waals surface area contributed by atoms with E-state index in [1.807, 2.05) is 25.2 Å². The van der Waals surface area contributed by atoms with Crippen LogP contribution < -0.4 is 10.1 Å². The lowest BCUT2D eigenvalue weighted by Gasteiger charge is -2.26. The van der Waals surface area contributed by atoms with Gasteiger partial charge in [-0.2, -0.15) is 0 Å². The Labute approximate surface area is 136 Å². The van der Waals surface area contributed by atoms with Crippen molar-refractivity contribution in [3.63, 3.8) is 0 Å². The summed E-state index contributed by atoms with van der Waals surface area (Å²) in [5, 5.41) is 5.53. The zero-order chi connectivity index (χ0) is 15.9. The minimum Gasteiger partial charge on any atom is -0.497 e. The zero-order valence-corrected chi connectivity index (χ0v) is 14.4. The first kappa shape index (κ1) is 16.5. The third-order valence-corrected chi connectivity index (χ3v) is 4.42. The molecular formula is C17H23N3OS. The minimum atomic E-state index is 0.242. The summed E-state index contributed by atoms with van der Waals surface area (Å²) in [5.74, 6) is 1.82. The number of likely N-dealkylation sites (N-methyl/N-ethyl adjacent to an activating group) is 1. The minimum absolute atomic E-state index is 0.242. The van der Waals surface area contributed by atoms with Gasteiger partial charge >= 0.3 is 0 Å². The van der Waals surface area contributed by atoms with Crippen molar-refractivity contribution < 1.29 is 4.74 Å². The molecule has 1 aromatic carbocycles. The average molecular weight is 317 g/mol. The summed E-state index contributed by atoms with van der Waals surface area (Å²) in [6.45, 7) is 0.782. The van der Waals surface area contributed by atoms with E-state index in [2.05, 4.69) is 52.9 Å². The van der Waals surface area contributed by atoms with Crippen molar-refractivity contribution in [1.29, 1.82) is 0 Å². The molecule has 0 fully saturated rings. The van der Waals surface area contributed by atoms with Crippen LogP contribution in [0.15, 0.2) is 46.8 Å². The number of rotatable bonds is 6. The second-order valence-electron chi connectivity index (χ2n) is 5.19. The monoisotopic (exact) mass is 317 g/mol. The molecule has 1 unspecified atom stereocenters. The Morgan fingerprint density at radius 3 is 2.73 bits per heavy atom. The number of nitrogens with zero attached hydrogens (tertiary/aromatic N) is 2. The predicted molar refractivity (Wildman–Crippen MR) is 94.2 cm³/mol. The molecule has 1 heterocycles. The van der Waals surface area contributed by atoms with E-state index < -0.39 is 0 Å². The number of hydrogen-bond acceptors (Lipinski definition) is 4. The molecule has 4 nitrogen and oxygen atoms in total. The quantitative estimate of drug-likeness (QED) is 0.657. The number of nitrogens with one attached hydrogen (secondary N) is 1. The van der Waals surface area contributed by atoms with Gasteiger partial charge in [0.15, 0.2) is 0 Å². The fourth-order valence-corrected chi connectivity index (χ4v) is 3.07. The van der Waals surface area contributed by atoms with E-state index in [9.17, 15) is 0 Å². The third-order valence-electron chi connectivity index (χ3n) is 3.54. The second-order valence-corrected chi connectivity index (χ2v) is 6.13. The lowest BCUT2D eigenvalue weighted by Crippen LogP contribution is -2.34. The molecule has 0 aliphatic carbocycles. The van der Waals surface area contributed by atoms with Gasteiger partial charge in [0.2, 0.25) is 0 Å². The molecule has 0 bridgehead atoms. The van der Waals surface area contributed by atoms with Gasteiger partial charge in [0.05, 0.1) is 18.0 Å². The predicted octanol–water partition coefficient (Wildman–Crippen LogP) is 3.03. The molecule has 0 aliphatic rings. The van der Waals surface area contributed by atoms with Gasteiger partial charge in [-0.25, -0.2) is 0 Å². The van der Waals surface area contributed by atoms with Gasteiger partial charge in [-0.1, -0.05) is 18.2 Å². The highest BCUT2D eigenvalue weighted by molar-refractivity contribution is 7.12. The maximum Gasteiger partial charge on any atom is 0.138 e. The Morgan fingerprint density at radius 1 is 1.32 bits per heavy atom. The Bertz CT molecular complexity index is 608. The van der Waals surface area contributed by atoms with Crippen molar-refractivity contribution >= 4 is 17.2 Å². The highest BCUT2D eigenvalue weighted by Crippen LogP contribution is 2.22. The van der Waals surface area contributed by atoms with Crippen LogP contribution in [0.2, 0.25) is 0 Å². The standard InChI is InChI=1S/C17H23N3OS/c1-18-17(16-9-6-10-22-16)19-12-15(20(2)3)13-7-5-8-14(11-13)21-4/h5-11,15H,12H2,1-4H3,(H,18,19). The van der Waals surface area contributed by atoms with Crippen LogP contribution in [0.4, 0.5) is 0 Å². The fourth-order valence-electron chi connectivity index (χ4n) is 2.33. The SMILES string of the molecule is CN=C(NCC(c1cccc(OC)c1)N(C)C)c1cccs1. The summed E-state index contributed by atoms with van der Waals surface area (Å²) in [7, 11) is 7.68. The number of hydrogen-bond donors (Lipinski definition) is 1. The van der Waals surface area contributed by atoms with Crippen LogP contribution >= 0.6 is 11.3 Å². The van der Waals surface area contributed by atoms with Crippen LogP contribution in [0.25, 0.3) is 0 Å². The first-order valence-electron chi connectivity index (χ1n) is 7.20. The van der Waals surface area contributed by atoms with Crippen LogP contribution in [-0.4, -0.2) is 45.5 Å². The van der Waals surface area contributed by atoms with E-state index in [-0.39, 0.29) is 6.04 Å². The van der Waals surface area contributed by atoms with Gasteiger partial charge in [0.1, 0.15) is 11.6 Å². The number of aliphatic imine (C=N–C) groups is 1. The summed E-state index contributed by atoms with van der Waals surface area (Å²) in [6, 6.07) is 12.6. The number of methoxy groups -OCH3 is 1. The lowest BCUT2D eigenvalue weighted by atomic mass is 10.1. The molecular weight excluding hydrogens is 294 g/mol. The molecule has 0 amide bonds. The number of benzene rings is 1. The van der Waals surface area contributed by atoms with Gasteiger partial charge in [-0.05, 0) is 43.2 Å². The summed E-state index contributed by atoms with van der Waals surface area (Å²) in [4.78, 5) is 7.72. The molecule has 0 saturated carbocycles. The van der Waals surface area contributed by atoms with Crippen molar-refractivity contribution in [2.45, 2.75) is 6.04 Å².